The first-order valence-corrected chi connectivity index (χ1v) is 5.48. The monoisotopic (exact) mass is 239 g/mol. The van der Waals surface area contributed by atoms with Crippen molar-refractivity contribution in [1.29, 1.82) is 5.26 Å². The van der Waals surface area contributed by atoms with E-state index in [0.717, 1.165) is 0 Å². The number of amides is 1. The molecule has 0 saturated carbocycles. The Labute approximate surface area is 101 Å². The second-order valence-electron chi connectivity index (χ2n) is 3.55. The Kier molecular flexibility index (Phi) is 6.07. The Balaban J connectivity index is 2.48. The van der Waals surface area contributed by atoms with Crippen molar-refractivity contribution in [2.75, 3.05) is 46.6 Å². The van der Waals surface area contributed by atoms with Crippen LogP contribution in [0.4, 0.5) is 0 Å². The number of hydrogen-bond donors (Lipinski definition) is 1. The van der Waals surface area contributed by atoms with Gasteiger partial charge in [0.15, 0.2) is 0 Å². The number of nitriles is 1. The summed E-state index contributed by atoms with van der Waals surface area (Å²) < 4.78 is 10.00. The lowest BCUT2D eigenvalue weighted by Gasteiger charge is -2.25. The van der Waals surface area contributed by atoms with E-state index in [9.17, 15) is 4.79 Å². The first-order chi connectivity index (χ1) is 8.27. The molecule has 0 radical (unpaired) electrons. The molecule has 0 aromatic rings. The number of ether oxygens (including phenoxy) is 2. The predicted octanol–water partition coefficient (Wildman–Crippen LogP) is -0.511. The first-order valence-electron chi connectivity index (χ1n) is 5.48. The van der Waals surface area contributed by atoms with Gasteiger partial charge in [0.25, 0.3) is 5.91 Å². The normalized spacial score (nSPS) is 16.5. The number of nitrogens with one attached hydrogen (secondary N) is 1. The smallest absolute Gasteiger partial charge is 0.263 e. The zero-order chi connectivity index (χ0) is 12.5. The van der Waals surface area contributed by atoms with Gasteiger partial charge < -0.3 is 19.7 Å². The van der Waals surface area contributed by atoms with Crippen molar-refractivity contribution in [3.05, 3.63) is 11.8 Å². The van der Waals surface area contributed by atoms with Gasteiger partial charge in [0, 0.05) is 32.9 Å². The molecule has 1 rings (SSSR count). The van der Waals surface area contributed by atoms with Crippen LogP contribution >= 0.6 is 0 Å². The fraction of sp³-hybridized carbons (Fsp3) is 0.636. The maximum Gasteiger partial charge on any atom is 0.263 e. The average Bonchev–Trinajstić information content (AvgIpc) is 2.37. The van der Waals surface area contributed by atoms with Gasteiger partial charge in [-0.1, -0.05) is 0 Å². The van der Waals surface area contributed by atoms with Crippen LogP contribution in [0.15, 0.2) is 11.8 Å². The minimum atomic E-state index is -0.365. The Morgan fingerprint density at radius 1 is 1.59 bits per heavy atom. The molecule has 1 heterocycles. The maximum absolute atomic E-state index is 11.6. The molecule has 1 aliphatic rings. The van der Waals surface area contributed by atoms with Crippen molar-refractivity contribution in [3.8, 4) is 6.07 Å². The van der Waals surface area contributed by atoms with E-state index >= 15 is 0 Å². The van der Waals surface area contributed by atoms with Gasteiger partial charge in [0.2, 0.25) is 0 Å². The van der Waals surface area contributed by atoms with E-state index in [1.165, 1.54) is 0 Å². The van der Waals surface area contributed by atoms with Gasteiger partial charge in [-0.2, -0.15) is 5.26 Å². The van der Waals surface area contributed by atoms with Crippen LogP contribution in [0.3, 0.4) is 0 Å². The molecule has 6 heteroatoms. The maximum atomic E-state index is 11.6. The molecular formula is C11H17N3O3. The molecule has 0 unspecified atom stereocenters. The lowest BCUT2D eigenvalue weighted by atomic mass is 10.3. The van der Waals surface area contributed by atoms with Crippen LogP contribution in [-0.4, -0.2) is 57.4 Å². The molecule has 0 aliphatic carbocycles. The third-order valence-corrected chi connectivity index (χ3v) is 2.31. The molecule has 0 aromatic carbocycles. The Hall–Kier alpha value is -1.58. The number of rotatable bonds is 5. The fourth-order valence-electron chi connectivity index (χ4n) is 1.39. The number of nitrogens with zero attached hydrogens (tertiary/aromatic N) is 2. The zero-order valence-electron chi connectivity index (χ0n) is 9.94. The van der Waals surface area contributed by atoms with Crippen molar-refractivity contribution in [2.45, 2.75) is 0 Å². The summed E-state index contributed by atoms with van der Waals surface area (Å²) in [5.74, 6) is -0.365. The number of methoxy groups -OCH3 is 1. The Morgan fingerprint density at radius 2 is 2.29 bits per heavy atom. The molecule has 94 valence electrons. The molecule has 6 nitrogen and oxygen atoms in total. The average molecular weight is 239 g/mol. The standard InChI is InChI=1S/C11H17N3O3/c1-16-5-2-13-11(15)10(8-12)9-14-3-6-17-7-4-14/h9H,2-7H2,1H3,(H,13,15)/b10-9-. The Morgan fingerprint density at radius 3 is 2.88 bits per heavy atom. The molecule has 1 N–H and O–H groups in total. The number of morpholine rings is 1. The van der Waals surface area contributed by atoms with Gasteiger partial charge in [-0.15, -0.1) is 0 Å². The topological polar surface area (TPSA) is 74.6 Å². The summed E-state index contributed by atoms with van der Waals surface area (Å²) in [6, 6.07) is 1.90. The molecule has 1 aliphatic heterocycles. The highest BCUT2D eigenvalue weighted by atomic mass is 16.5. The van der Waals surface area contributed by atoms with Crippen molar-refractivity contribution in [3.63, 3.8) is 0 Å². The lowest BCUT2D eigenvalue weighted by molar-refractivity contribution is -0.117. The molecule has 0 spiro atoms. The summed E-state index contributed by atoms with van der Waals surface area (Å²) in [5.41, 5.74) is 0.114. The van der Waals surface area contributed by atoms with Gasteiger partial charge in [0.05, 0.1) is 19.8 Å². The molecule has 1 fully saturated rings. The minimum absolute atomic E-state index is 0.114. The SMILES string of the molecule is COCCNC(=O)/C(C#N)=C\N1CCOCC1. The third-order valence-electron chi connectivity index (χ3n) is 2.31. The van der Waals surface area contributed by atoms with Crippen LogP contribution in [0.2, 0.25) is 0 Å². The second-order valence-corrected chi connectivity index (χ2v) is 3.55. The summed E-state index contributed by atoms with van der Waals surface area (Å²) in [7, 11) is 1.56. The third kappa shape index (κ3) is 4.85. The van der Waals surface area contributed by atoms with Crippen LogP contribution in [0.5, 0.6) is 0 Å². The summed E-state index contributed by atoms with van der Waals surface area (Å²) >= 11 is 0. The molecule has 17 heavy (non-hydrogen) atoms. The molecule has 0 aromatic heterocycles. The molecule has 1 amide bonds. The van der Waals surface area contributed by atoms with E-state index in [1.807, 2.05) is 11.0 Å². The van der Waals surface area contributed by atoms with Gasteiger partial charge in [-0.25, -0.2) is 0 Å². The molecular weight excluding hydrogens is 222 g/mol. The minimum Gasteiger partial charge on any atom is -0.383 e. The van der Waals surface area contributed by atoms with E-state index < -0.39 is 0 Å². The van der Waals surface area contributed by atoms with Gasteiger partial charge >= 0.3 is 0 Å². The highest BCUT2D eigenvalue weighted by Gasteiger charge is 2.12. The van der Waals surface area contributed by atoms with Crippen LogP contribution < -0.4 is 5.32 Å². The van der Waals surface area contributed by atoms with Crippen LogP contribution in [0.1, 0.15) is 0 Å². The summed E-state index contributed by atoms with van der Waals surface area (Å²) in [6.07, 6.45) is 1.59. The summed E-state index contributed by atoms with van der Waals surface area (Å²) in [5, 5.41) is 11.5. The molecule has 0 bridgehead atoms. The quantitative estimate of drug-likeness (QED) is 0.397. The van der Waals surface area contributed by atoms with Crippen LogP contribution in [0.25, 0.3) is 0 Å². The first kappa shape index (κ1) is 13.5. The lowest BCUT2D eigenvalue weighted by Crippen LogP contribution is -2.34. The second kappa shape index (κ2) is 7.65. The summed E-state index contributed by atoms with van der Waals surface area (Å²) in [6.45, 7) is 3.49. The molecule has 1 saturated heterocycles. The number of hydrogen-bond acceptors (Lipinski definition) is 5. The predicted molar refractivity (Wildman–Crippen MR) is 61.0 cm³/mol. The largest absolute Gasteiger partial charge is 0.383 e. The van der Waals surface area contributed by atoms with Crippen molar-refractivity contribution >= 4 is 5.91 Å². The van der Waals surface area contributed by atoms with Gasteiger partial charge in [-0.3, -0.25) is 4.79 Å². The van der Waals surface area contributed by atoms with Gasteiger partial charge in [0.1, 0.15) is 11.6 Å². The van der Waals surface area contributed by atoms with E-state index in [1.54, 1.807) is 13.3 Å². The van der Waals surface area contributed by atoms with Crippen LogP contribution in [-0.2, 0) is 14.3 Å². The van der Waals surface area contributed by atoms with E-state index in [2.05, 4.69) is 5.32 Å². The van der Waals surface area contributed by atoms with E-state index in [-0.39, 0.29) is 11.5 Å². The van der Waals surface area contributed by atoms with Crippen LogP contribution in [0, 0.1) is 11.3 Å². The number of carbonyl (C=O) groups excluding carboxylic acids is 1. The summed E-state index contributed by atoms with van der Waals surface area (Å²) in [4.78, 5) is 13.5. The number of carbonyl (C=O) groups is 1. The van der Waals surface area contributed by atoms with Gasteiger partial charge in [-0.05, 0) is 0 Å². The molecule has 0 atom stereocenters. The van der Waals surface area contributed by atoms with Crippen molar-refractivity contribution in [1.82, 2.24) is 10.2 Å². The Bertz CT molecular complexity index is 316. The van der Waals surface area contributed by atoms with Crippen molar-refractivity contribution in [2.24, 2.45) is 0 Å². The van der Waals surface area contributed by atoms with E-state index in [0.29, 0.717) is 39.5 Å². The zero-order valence-corrected chi connectivity index (χ0v) is 9.94. The fourth-order valence-corrected chi connectivity index (χ4v) is 1.39. The van der Waals surface area contributed by atoms with Crippen molar-refractivity contribution < 1.29 is 14.3 Å². The highest BCUT2D eigenvalue weighted by Crippen LogP contribution is 2.02. The van der Waals surface area contributed by atoms with E-state index in [4.69, 9.17) is 14.7 Å². The highest BCUT2D eigenvalue weighted by molar-refractivity contribution is 5.97.